The number of nitrogens with zero attached hydrogens (tertiary/aromatic N) is 2. The summed E-state index contributed by atoms with van der Waals surface area (Å²) in [6.45, 7) is 1.55. The molecule has 2 N–H and O–H groups in total. The fourth-order valence-electron chi connectivity index (χ4n) is 6.37. The van der Waals surface area contributed by atoms with Crippen LogP contribution in [-0.2, 0) is 29.2 Å². The van der Waals surface area contributed by atoms with Crippen molar-refractivity contribution in [2.45, 2.75) is 107 Å². The van der Waals surface area contributed by atoms with Crippen LogP contribution in [0.5, 0.6) is 0 Å². The maximum absolute atomic E-state index is 14.2. The van der Waals surface area contributed by atoms with Gasteiger partial charge >= 0.3 is 0 Å². The minimum atomic E-state index is -3.93. The second-order valence-corrected chi connectivity index (χ2v) is 14.0. The second kappa shape index (κ2) is 11.6. The summed E-state index contributed by atoms with van der Waals surface area (Å²) in [7, 11) is -3.93. The molecule has 3 aliphatic heterocycles. The average Bonchev–Trinajstić information content (AvgIpc) is 3.84. The highest BCUT2D eigenvalue weighted by Gasteiger charge is 2.59. The van der Waals surface area contributed by atoms with Gasteiger partial charge in [-0.25, -0.2) is 8.42 Å². The van der Waals surface area contributed by atoms with Crippen molar-refractivity contribution in [1.82, 2.24) is 19.8 Å². The van der Waals surface area contributed by atoms with Crippen LogP contribution in [0.1, 0.15) is 89.9 Å². The quantitative estimate of drug-likeness (QED) is 0.389. The van der Waals surface area contributed by atoms with E-state index in [9.17, 15) is 27.6 Å². The van der Waals surface area contributed by atoms with E-state index < -0.39 is 44.5 Å². The zero-order valence-corrected chi connectivity index (χ0v) is 23.6. The molecule has 4 fully saturated rings. The van der Waals surface area contributed by atoms with Crippen LogP contribution in [0.4, 0.5) is 0 Å². The first-order valence-corrected chi connectivity index (χ1v) is 16.4. The highest BCUT2D eigenvalue weighted by molar-refractivity contribution is 7.91. The number of rotatable bonds is 5. The molecule has 0 spiro atoms. The van der Waals surface area contributed by atoms with Gasteiger partial charge in [-0.2, -0.15) is 0 Å². The number of carbonyl (C=O) groups is 4. The predicted octanol–water partition coefficient (Wildman–Crippen LogP) is 2.00. The molecule has 216 valence electrons. The van der Waals surface area contributed by atoms with Gasteiger partial charge in [0, 0.05) is 38.0 Å². The summed E-state index contributed by atoms with van der Waals surface area (Å²) >= 11 is 0. The molecule has 0 bridgehead atoms. The number of fused-ring (bicyclic) bond motifs is 2. The van der Waals surface area contributed by atoms with Gasteiger partial charge in [-0.1, -0.05) is 25.0 Å². The van der Waals surface area contributed by atoms with E-state index in [0.29, 0.717) is 38.8 Å². The molecule has 5 rings (SSSR count). The van der Waals surface area contributed by atoms with Crippen molar-refractivity contribution in [3.63, 3.8) is 0 Å². The Morgan fingerprint density at radius 2 is 1.72 bits per heavy atom. The standard InChI is InChI=1S/C28H42N4O6S/c33-24(31-15-7-4-8-16-31)19-21-11-6-3-1-2-5-10-20-18-23(20)29-26(35)28(14-9-17-32(28)25(21)34)27(36)30-39(37,38)22-12-13-22/h5,10,20-23H,1-4,6-9,11-19H2,(H,29,35)(H,30,36). The third-order valence-corrected chi connectivity index (χ3v) is 10.9. The van der Waals surface area contributed by atoms with Crippen LogP contribution in [0.2, 0.25) is 0 Å². The Bertz CT molecular complexity index is 1110. The molecule has 39 heavy (non-hydrogen) atoms. The van der Waals surface area contributed by atoms with Gasteiger partial charge in [-0.15, -0.1) is 0 Å². The molecule has 4 atom stereocenters. The fourth-order valence-corrected chi connectivity index (χ4v) is 7.72. The summed E-state index contributed by atoms with van der Waals surface area (Å²) < 4.78 is 27.7. The molecule has 5 aliphatic rings. The predicted molar refractivity (Wildman–Crippen MR) is 145 cm³/mol. The highest BCUT2D eigenvalue weighted by Crippen LogP contribution is 2.38. The summed E-state index contributed by atoms with van der Waals surface area (Å²) in [5.74, 6) is -2.51. The third kappa shape index (κ3) is 6.18. The maximum Gasteiger partial charge on any atom is 0.269 e. The number of likely N-dealkylation sites (tertiary alicyclic amines) is 1. The summed E-state index contributed by atoms with van der Waals surface area (Å²) in [6, 6.07) is -0.141. The Hall–Kier alpha value is -2.43. The summed E-state index contributed by atoms with van der Waals surface area (Å²) in [4.78, 5) is 58.2. The Labute approximate surface area is 231 Å². The van der Waals surface area contributed by atoms with Crippen molar-refractivity contribution >= 4 is 33.7 Å². The lowest BCUT2D eigenvalue weighted by molar-refractivity contribution is -0.156. The smallest absolute Gasteiger partial charge is 0.269 e. The molecule has 0 radical (unpaired) electrons. The number of hydrogen-bond acceptors (Lipinski definition) is 6. The van der Waals surface area contributed by atoms with Crippen LogP contribution < -0.4 is 10.0 Å². The Kier molecular flexibility index (Phi) is 8.35. The number of sulfonamides is 1. The van der Waals surface area contributed by atoms with Gasteiger partial charge in [-0.05, 0) is 76.5 Å². The normalized spacial score (nSPS) is 32.4. The van der Waals surface area contributed by atoms with Gasteiger partial charge < -0.3 is 15.1 Å². The van der Waals surface area contributed by atoms with E-state index in [1.54, 1.807) is 0 Å². The van der Waals surface area contributed by atoms with E-state index in [0.717, 1.165) is 51.4 Å². The first-order chi connectivity index (χ1) is 18.7. The monoisotopic (exact) mass is 562 g/mol. The highest BCUT2D eigenvalue weighted by atomic mass is 32.2. The van der Waals surface area contributed by atoms with Crippen molar-refractivity contribution in [2.75, 3.05) is 19.6 Å². The second-order valence-electron chi connectivity index (χ2n) is 12.0. The number of allylic oxidation sites excluding steroid dienone is 1. The van der Waals surface area contributed by atoms with Crippen molar-refractivity contribution < 1.29 is 27.6 Å². The lowest BCUT2D eigenvalue weighted by Gasteiger charge is -2.38. The molecule has 11 heteroatoms. The van der Waals surface area contributed by atoms with Crippen LogP contribution in [0.25, 0.3) is 0 Å². The van der Waals surface area contributed by atoms with E-state index in [4.69, 9.17) is 0 Å². The number of carbonyl (C=O) groups excluding carboxylic acids is 4. The Morgan fingerprint density at radius 3 is 2.46 bits per heavy atom. The molecule has 4 amide bonds. The van der Waals surface area contributed by atoms with Crippen molar-refractivity contribution in [1.29, 1.82) is 0 Å². The SMILES string of the molecule is O=C(CC1CCCCCC=CC2CC2NC(=O)C2(C(=O)NS(=O)(=O)C3CC3)CCCN2C1=O)N1CCCCC1. The van der Waals surface area contributed by atoms with E-state index in [1.165, 1.54) is 4.90 Å². The zero-order chi connectivity index (χ0) is 27.6. The number of hydrogen-bond donors (Lipinski definition) is 2. The van der Waals surface area contributed by atoms with E-state index >= 15 is 0 Å². The molecule has 2 saturated heterocycles. The fraction of sp³-hybridized carbons (Fsp3) is 0.786. The molecule has 2 aliphatic carbocycles. The summed E-state index contributed by atoms with van der Waals surface area (Å²) in [5, 5.41) is 2.32. The van der Waals surface area contributed by atoms with Crippen LogP contribution in [0, 0.1) is 11.8 Å². The van der Waals surface area contributed by atoms with Crippen LogP contribution >= 0.6 is 0 Å². The summed E-state index contributed by atoms with van der Waals surface area (Å²) in [6.07, 6.45) is 13.5. The number of piperidine rings is 1. The molecule has 2 saturated carbocycles. The lowest BCUT2D eigenvalue weighted by Crippen LogP contribution is -2.67. The van der Waals surface area contributed by atoms with Crippen molar-refractivity contribution in [3.8, 4) is 0 Å². The van der Waals surface area contributed by atoms with E-state index in [-0.39, 0.29) is 37.3 Å². The number of nitrogens with one attached hydrogen (secondary N) is 2. The van der Waals surface area contributed by atoms with Crippen molar-refractivity contribution in [3.05, 3.63) is 12.2 Å². The summed E-state index contributed by atoms with van der Waals surface area (Å²) in [5.41, 5.74) is -1.94. The van der Waals surface area contributed by atoms with Gasteiger partial charge in [0.2, 0.25) is 27.4 Å². The van der Waals surface area contributed by atoms with Crippen molar-refractivity contribution in [2.24, 2.45) is 11.8 Å². The molecular weight excluding hydrogens is 520 g/mol. The number of amides is 4. The van der Waals surface area contributed by atoms with Crippen LogP contribution in [0.3, 0.4) is 0 Å². The first-order valence-electron chi connectivity index (χ1n) is 14.9. The van der Waals surface area contributed by atoms with Gasteiger partial charge in [0.15, 0.2) is 0 Å². The molecule has 4 unspecified atom stereocenters. The van der Waals surface area contributed by atoms with E-state index in [2.05, 4.69) is 22.2 Å². The minimum Gasteiger partial charge on any atom is -0.350 e. The Morgan fingerprint density at radius 1 is 0.974 bits per heavy atom. The lowest BCUT2D eigenvalue weighted by atomic mass is 9.89. The van der Waals surface area contributed by atoms with Gasteiger partial charge in [0.1, 0.15) is 0 Å². The maximum atomic E-state index is 14.2. The molecule has 0 aromatic rings. The van der Waals surface area contributed by atoms with Gasteiger partial charge in [0.25, 0.3) is 11.8 Å². The topological polar surface area (TPSA) is 133 Å². The van der Waals surface area contributed by atoms with E-state index in [1.807, 2.05) is 4.90 Å². The van der Waals surface area contributed by atoms with Gasteiger partial charge in [-0.3, -0.25) is 23.9 Å². The Balaban J connectivity index is 1.44. The molecular formula is C28H42N4O6S. The molecule has 10 nitrogen and oxygen atoms in total. The minimum absolute atomic E-state index is 0.0413. The average molecular weight is 563 g/mol. The van der Waals surface area contributed by atoms with Crippen LogP contribution in [0.15, 0.2) is 12.2 Å². The zero-order valence-electron chi connectivity index (χ0n) is 22.7. The first kappa shape index (κ1) is 28.1. The molecule has 3 heterocycles. The third-order valence-electron chi connectivity index (χ3n) is 9.04. The van der Waals surface area contributed by atoms with Gasteiger partial charge in [0.05, 0.1) is 5.25 Å². The van der Waals surface area contributed by atoms with Crippen LogP contribution in [-0.4, -0.2) is 78.3 Å². The molecule has 0 aromatic heterocycles. The largest absolute Gasteiger partial charge is 0.350 e. The molecule has 0 aromatic carbocycles.